The molecule has 1 N–H and O–H groups in total. The molecule has 126 valence electrons. The van der Waals surface area contributed by atoms with Gasteiger partial charge in [-0.2, -0.15) is 4.57 Å². The Bertz CT molecular complexity index is 621. The average Bonchev–Trinajstić information content (AvgIpc) is 2.84. The highest BCUT2D eigenvalue weighted by Gasteiger charge is 2.15. The summed E-state index contributed by atoms with van der Waals surface area (Å²) < 4.78 is 3.83. The van der Waals surface area contributed by atoms with Crippen LogP contribution in [0, 0.1) is 6.92 Å². The second-order valence-corrected chi connectivity index (χ2v) is 7.45. The van der Waals surface area contributed by atoms with Crippen LogP contribution in [-0.2, 0) is 11.3 Å². The Kier molecular flexibility index (Phi) is 7.53. The Morgan fingerprint density at radius 2 is 1.61 bits per heavy atom. The molecule has 0 aliphatic rings. The highest BCUT2D eigenvalue weighted by Crippen LogP contribution is 2.19. The van der Waals surface area contributed by atoms with E-state index >= 15 is 0 Å². The molecule has 1 aromatic heterocycles. The number of carboxylic acid groups (broad SMARTS) is 1. The van der Waals surface area contributed by atoms with Crippen LogP contribution >= 0.6 is 11.3 Å². The van der Waals surface area contributed by atoms with Gasteiger partial charge in [0, 0.05) is 25.8 Å². The Balaban J connectivity index is 1.57. The first-order valence-corrected chi connectivity index (χ1v) is 9.60. The number of hydrogen-bond donors (Lipinski definition) is 1. The van der Waals surface area contributed by atoms with Gasteiger partial charge in [0.1, 0.15) is 11.2 Å². The van der Waals surface area contributed by atoms with Gasteiger partial charge >= 0.3 is 5.97 Å². The van der Waals surface area contributed by atoms with Crippen molar-refractivity contribution in [1.82, 2.24) is 0 Å². The first-order valence-electron chi connectivity index (χ1n) is 8.78. The molecule has 0 atom stereocenters. The molecule has 0 saturated carbocycles. The minimum Gasteiger partial charge on any atom is -0.481 e. The Labute approximate surface area is 143 Å². The lowest BCUT2D eigenvalue weighted by Crippen LogP contribution is -2.34. The molecule has 0 saturated heterocycles. The van der Waals surface area contributed by atoms with E-state index in [0.717, 1.165) is 19.4 Å². The molecular formula is C19H28NO2S+. The lowest BCUT2D eigenvalue weighted by molar-refractivity contribution is -0.673. The average molecular weight is 335 g/mol. The van der Waals surface area contributed by atoms with Gasteiger partial charge in [-0.3, -0.25) is 4.79 Å². The van der Waals surface area contributed by atoms with E-state index in [0.29, 0.717) is 6.42 Å². The van der Waals surface area contributed by atoms with Gasteiger partial charge in [-0.25, -0.2) is 0 Å². The fraction of sp³-hybridized carbons (Fsp3) is 0.579. The van der Waals surface area contributed by atoms with E-state index in [9.17, 15) is 4.79 Å². The van der Waals surface area contributed by atoms with Crippen LogP contribution in [0.15, 0.2) is 24.3 Å². The van der Waals surface area contributed by atoms with E-state index in [1.54, 1.807) is 0 Å². The Morgan fingerprint density at radius 3 is 2.30 bits per heavy atom. The molecule has 0 radical (unpaired) electrons. The molecule has 1 aromatic carbocycles. The molecule has 0 bridgehead atoms. The molecule has 0 aliphatic heterocycles. The van der Waals surface area contributed by atoms with Gasteiger partial charge in [-0.1, -0.05) is 55.6 Å². The highest BCUT2D eigenvalue weighted by atomic mass is 32.1. The van der Waals surface area contributed by atoms with Gasteiger partial charge < -0.3 is 5.11 Å². The summed E-state index contributed by atoms with van der Waals surface area (Å²) in [5.74, 6) is -0.668. The van der Waals surface area contributed by atoms with Crippen molar-refractivity contribution in [3.8, 4) is 0 Å². The lowest BCUT2D eigenvalue weighted by atomic mass is 10.1. The number of carbonyl (C=O) groups is 1. The van der Waals surface area contributed by atoms with Crippen LogP contribution in [-0.4, -0.2) is 11.1 Å². The van der Waals surface area contributed by atoms with Crippen molar-refractivity contribution >= 4 is 27.5 Å². The Morgan fingerprint density at radius 1 is 1.00 bits per heavy atom. The van der Waals surface area contributed by atoms with Crippen LogP contribution < -0.4 is 4.57 Å². The van der Waals surface area contributed by atoms with Crippen LogP contribution in [0.1, 0.15) is 62.8 Å². The van der Waals surface area contributed by atoms with Crippen molar-refractivity contribution in [3.63, 3.8) is 0 Å². The van der Waals surface area contributed by atoms with Gasteiger partial charge in [0.25, 0.3) is 0 Å². The fourth-order valence-corrected chi connectivity index (χ4v) is 4.08. The van der Waals surface area contributed by atoms with Crippen LogP contribution in [0.2, 0.25) is 0 Å². The van der Waals surface area contributed by atoms with Crippen molar-refractivity contribution in [2.24, 2.45) is 0 Å². The predicted molar refractivity (Wildman–Crippen MR) is 95.9 cm³/mol. The summed E-state index contributed by atoms with van der Waals surface area (Å²) in [4.78, 5) is 10.4. The summed E-state index contributed by atoms with van der Waals surface area (Å²) in [7, 11) is 0. The van der Waals surface area contributed by atoms with Crippen molar-refractivity contribution in [2.75, 3.05) is 0 Å². The van der Waals surface area contributed by atoms with Crippen molar-refractivity contribution in [1.29, 1.82) is 0 Å². The number of aromatic nitrogens is 1. The first kappa shape index (κ1) is 17.9. The maximum absolute atomic E-state index is 10.4. The summed E-state index contributed by atoms with van der Waals surface area (Å²) in [6.07, 6.45) is 9.73. The van der Waals surface area contributed by atoms with Gasteiger partial charge in [0.05, 0.1) is 0 Å². The summed E-state index contributed by atoms with van der Waals surface area (Å²) in [5, 5.41) is 9.97. The fourth-order valence-electron chi connectivity index (χ4n) is 3.04. The summed E-state index contributed by atoms with van der Waals surface area (Å²) >= 11 is 1.88. The summed E-state index contributed by atoms with van der Waals surface area (Å²) in [6.45, 7) is 3.33. The third-order valence-corrected chi connectivity index (χ3v) is 5.40. The second kappa shape index (κ2) is 9.66. The number of hydrogen-bond acceptors (Lipinski definition) is 2. The smallest absolute Gasteiger partial charge is 0.303 e. The van der Waals surface area contributed by atoms with Crippen molar-refractivity contribution in [2.45, 2.75) is 71.3 Å². The second-order valence-electron chi connectivity index (χ2n) is 6.21. The van der Waals surface area contributed by atoms with Gasteiger partial charge in [-0.15, -0.1) is 0 Å². The van der Waals surface area contributed by atoms with E-state index in [2.05, 4.69) is 35.8 Å². The molecule has 2 rings (SSSR count). The molecule has 0 spiro atoms. The number of para-hydroxylation sites is 1. The van der Waals surface area contributed by atoms with E-state index in [1.165, 1.54) is 53.7 Å². The minimum atomic E-state index is -0.668. The van der Waals surface area contributed by atoms with E-state index in [4.69, 9.17) is 5.11 Å². The van der Waals surface area contributed by atoms with Crippen molar-refractivity contribution < 1.29 is 14.5 Å². The first-order chi connectivity index (χ1) is 11.2. The summed E-state index contributed by atoms with van der Waals surface area (Å²) in [5.41, 5.74) is 1.37. The molecule has 0 fully saturated rings. The largest absolute Gasteiger partial charge is 0.481 e. The molecule has 23 heavy (non-hydrogen) atoms. The zero-order chi connectivity index (χ0) is 16.5. The quantitative estimate of drug-likeness (QED) is 0.459. The number of fused-ring (bicyclic) bond motifs is 1. The minimum absolute atomic E-state index is 0.325. The maximum Gasteiger partial charge on any atom is 0.303 e. The number of carboxylic acids is 1. The lowest BCUT2D eigenvalue weighted by Gasteiger charge is -2.01. The molecule has 2 aromatic rings. The van der Waals surface area contributed by atoms with E-state index in [-0.39, 0.29) is 0 Å². The van der Waals surface area contributed by atoms with Gasteiger partial charge in [-0.05, 0) is 18.9 Å². The number of thiazole rings is 1. The zero-order valence-electron chi connectivity index (χ0n) is 14.1. The number of aryl methyl sites for hydroxylation is 2. The SMILES string of the molecule is Cc1sc2ccccc2[n+]1CCCCCCCCCCC(=O)O. The number of unbranched alkanes of at least 4 members (excludes halogenated alkanes) is 7. The summed E-state index contributed by atoms with van der Waals surface area (Å²) in [6, 6.07) is 8.65. The van der Waals surface area contributed by atoms with Crippen LogP contribution in [0.5, 0.6) is 0 Å². The maximum atomic E-state index is 10.4. The number of rotatable bonds is 11. The third-order valence-electron chi connectivity index (χ3n) is 4.32. The van der Waals surface area contributed by atoms with Gasteiger partial charge in [0.15, 0.2) is 0 Å². The van der Waals surface area contributed by atoms with Crippen LogP contribution in [0.25, 0.3) is 10.2 Å². The molecule has 0 amide bonds. The molecular weight excluding hydrogens is 306 g/mol. The van der Waals surface area contributed by atoms with E-state index in [1.807, 2.05) is 11.3 Å². The molecule has 0 unspecified atom stereocenters. The molecule has 0 aliphatic carbocycles. The van der Waals surface area contributed by atoms with Crippen LogP contribution in [0.3, 0.4) is 0 Å². The zero-order valence-corrected chi connectivity index (χ0v) is 14.9. The number of nitrogens with zero attached hydrogens (tertiary/aromatic N) is 1. The topological polar surface area (TPSA) is 41.2 Å². The molecule has 3 nitrogen and oxygen atoms in total. The van der Waals surface area contributed by atoms with Crippen LogP contribution in [0.4, 0.5) is 0 Å². The number of benzene rings is 1. The number of aliphatic carboxylic acids is 1. The van der Waals surface area contributed by atoms with Crippen molar-refractivity contribution in [3.05, 3.63) is 29.3 Å². The highest BCUT2D eigenvalue weighted by molar-refractivity contribution is 7.18. The molecule has 4 heteroatoms. The predicted octanol–water partition coefficient (Wildman–Crippen LogP) is 5.09. The van der Waals surface area contributed by atoms with Gasteiger partial charge in [0.2, 0.25) is 10.5 Å². The van der Waals surface area contributed by atoms with E-state index < -0.39 is 5.97 Å². The third kappa shape index (κ3) is 5.94. The standard InChI is InChI=1S/C19H27NO2S/c1-16-20(17-12-9-10-13-18(17)23-16)15-11-7-5-3-2-4-6-8-14-19(21)22/h9-10,12-13H,2-8,11,14-15H2,1H3/p+1. The monoisotopic (exact) mass is 334 g/mol. The molecule has 1 heterocycles. The normalized spacial score (nSPS) is 11.2. The Hall–Kier alpha value is -1.42.